The minimum absolute atomic E-state index is 1.03. The lowest BCUT2D eigenvalue weighted by molar-refractivity contribution is 0.796. The van der Waals surface area contributed by atoms with Crippen molar-refractivity contribution in [3.8, 4) is 11.1 Å². The molecule has 4 rings (SSSR count). The van der Waals surface area contributed by atoms with Crippen LogP contribution in [-0.4, -0.2) is 0 Å². The highest BCUT2D eigenvalue weighted by molar-refractivity contribution is 5.94. The summed E-state index contributed by atoms with van der Waals surface area (Å²) in [7, 11) is 0. The Morgan fingerprint density at radius 3 is 2.12 bits per heavy atom. The van der Waals surface area contributed by atoms with E-state index in [0.717, 1.165) is 12.8 Å². The van der Waals surface area contributed by atoms with Crippen molar-refractivity contribution in [2.24, 2.45) is 0 Å². The Kier molecular flexibility index (Phi) is 4.52. The molecule has 124 valence electrons. The van der Waals surface area contributed by atoms with Crippen molar-refractivity contribution < 1.29 is 0 Å². The molecule has 1 aliphatic carbocycles. The van der Waals surface area contributed by atoms with Gasteiger partial charge in [0, 0.05) is 0 Å². The van der Waals surface area contributed by atoms with Crippen LogP contribution in [0, 0.1) is 0 Å². The van der Waals surface area contributed by atoms with Crippen molar-refractivity contribution in [2.75, 3.05) is 0 Å². The summed E-state index contributed by atoms with van der Waals surface area (Å²) in [5.74, 6) is 0. The Morgan fingerprint density at radius 2 is 1.44 bits per heavy atom. The zero-order chi connectivity index (χ0) is 17.1. The fourth-order valence-electron chi connectivity index (χ4n) is 3.82. The van der Waals surface area contributed by atoms with Crippen LogP contribution in [0.5, 0.6) is 0 Å². The Balaban J connectivity index is 1.84. The molecule has 3 aromatic rings. The first-order valence-corrected chi connectivity index (χ1v) is 9.33. The number of hydrogen-bond acceptors (Lipinski definition) is 0. The van der Waals surface area contributed by atoms with E-state index in [0.29, 0.717) is 0 Å². The maximum absolute atomic E-state index is 2.42. The normalized spacial score (nSPS) is 12.8. The smallest absolute Gasteiger partial charge is 0.00134 e. The molecular weight excluding hydrogens is 300 g/mol. The molecule has 0 aliphatic heterocycles. The maximum Gasteiger partial charge on any atom is -0.00134 e. The molecule has 3 aromatic carbocycles. The molecule has 0 saturated heterocycles. The lowest BCUT2D eigenvalue weighted by Gasteiger charge is -2.14. The zero-order valence-electron chi connectivity index (χ0n) is 14.8. The maximum atomic E-state index is 2.42. The predicted octanol–water partition coefficient (Wildman–Crippen LogP) is 6.79. The second-order valence-electron chi connectivity index (χ2n) is 6.85. The molecule has 0 nitrogen and oxygen atoms in total. The monoisotopic (exact) mass is 324 g/mol. The third kappa shape index (κ3) is 3.17. The quantitative estimate of drug-likeness (QED) is 0.484. The average molecular weight is 324 g/mol. The van der Waals surface area contributed by atoms with Crippen molar-refractivity contribution in [1.82, 2.24) is 0 Å². The van der Waals surface area contributed by atoms with E-state index < -0.39 is 0 Å². The summed E-state index contributed by atoms with van der Waals surface area (Å²) >= 11 is 0. The minimum Gasteiger partial charge on any atom is -0.0654 e. The molecule has 0 amide bonds. The van der Waals surface area contributed by atoms with E-state index in [9.17, 15) is 0 Å². The Hall–Kier alpha value is -2.60. The molecule has 0 saturated carbocycles. The van der Waals surface area contributed by atoms with E-state index in [2.05, 4.69) is 85.8 Å². The standard InChI is InChI=1S/C25H24/c1-2-3-10-21-15-16-22-17-23(19-11-6-4-7-12-19)18-24(22)25(21)20-13-8-5-9-14-20/h4-9,11-16,18H,2-3,10,17H2,1H3. The molecule has 0 bridgehead atoms. The Morgan fingerprint density at radius 1 is 0.760 bits per heavy atom. The lowest BCUT2D eigenvalue weighted by Crippen LogP contribution is -1.96. The first-order chi connectivity index (χ1) is 12.4. The lowest BCUT2D eigenvalue weighted by atomic mass is 9.90. The van der Waals surface area contributed by atoms with E-state index in [4.69, 9.17) is 0 Å². The number of unbranched alkanes of at least 4 members (excludes halogenated alkanes) is 1. The number of hydrogen-bond donors (Lipinski definition) is 0. The number of fused-ring (bicyclic) bond motifs is 1. The van der Waals surface area contributed by atoms with E-state index in [1.165, 1.54) is 51.8 Å². The summed E-state index contributed by atoms with van der Waals surface area (Å²) in [6.45, 7) is 2.27. The minimum atomic E-state index is 1.03. The number of benzene rings is 3. The predicted molar refractivity (Wildman–Crippen MR) is 109 cm³/mol. The van der Waals surface area contributed by atoms with Crippen molar-refractivity contribution in [2.45, 2.75) is 32.6 Å². The summed E-state index contributed by atoms with van der Waals surface area (Å²) in [4.78, 5) is 0. The fourth-order valence-corrected chi connectivity index (χ4v) is 3.82. The molecule has 0 atom stereocenters. The van der Waals surface area contributed by atoms with Crippen LogP contribution in [0.3, 0.4) is 0 Å². The van der Waals surface area contributed by atoms with Gasteiger partial charge in [-0.05, 0) is 64.3 Å². The first-order valence-electron chi connectivity index (χ1n) is 9.33. The third-order valence-corrected chi connectivity index (χ3v) is 5.13. The van der Waals surface area contributed by atoms with E-state index in [1.54, 1.807) is 0 Å². The van der Waals surface area contributed by atoms with Crippen LogP contribution in [0.1, 0.15) is 42.0 Å². The van der Waals surface area contributed by atoms with Gasteiger partial charge in [-0.1, -0.05) is 86.1 Å². The largest absolute Gasteiger partial charge is 0.0654 e. The van der Waals surface area contributed by atoms with Gasteiger partial charge in [0.1, 0.15) is 0 Å². The molecule has 0 spiro atoms. The molecular formula is C25H24. The van der Waals surface area contributed by atoms with Gasteiger partial charge in [-0.25, -0.2) is 0 Å². The van der Waals surface area contributed by atoms with E-state index in [-0.39, 0.29) is 0 Å². The fraction of sp³-hybridized carbons (Fsp3) is 0.200. The van der Waals surface area contributed by atoms with E-state index >= 15 is 0 Å². The summed E-state index contributed by atoms with van der Waals surface area (Å²) in [5.41, 5.74) is 9.93. The van der Waals surface area contributed by atoms with Gasteiger partial charge in [0.25, 0.3) is 0 Å². The second kappa shape index (κ2) is 7.11. The summed E-state index contributed by atoms with van der Waals surface area (Å²) in [5, 5.41) is 0. The first kappa shape index (κ1) is 15.9. The van der Waals surface area contributed by atoms with Crippen LogP contribution in [-0.2, 0) is 12.8 Å². The van der Waals surface area contributed by atoms with Gasteiger partial charge in [-0.2, -0.15) is 0 Å². The second-order valence-corrected chi connectivity index (χ2v) is 6.85. The summed E-state index contributed by atoms with van der Waals surface area (Å²) in [6, 6.07) is 26.4. The third-order valence-electron chi connectivity index (χ3n) is 5.13. The molecule has 0 fully saturated rings. The molecule has 0 heteroatoms. The molecule has 0 N–H and O–H groups in total. The van der Waals surface area contributed by atoms with E-state index in [1.807, 2.05) is 0 Å². The van der Waals surface area contributed by atoms with Crippen molar-refractivity contribution in [3.63, 3.8) is 0 Å². The number of aryl methyl sites for hydroxylation is 1. The zero-order valence-corrected chi connectivity index (χ0v) is 14.8. The van der Waals surface area contributed by atoms with Crippen LogP contribution in [0.4, 0.5) is 0 Å². The summed E-state index contributed by atoms with van der Waals surface area (Å²) in [6.07, 6.45) is 7.09. The molecule has 25 heavy (non-hydrogen) atoms. The number of allylic oxidation sites excluding steroid dienone is 1. The molecule has 0 aromatic heterocycles. The molecule has 1 aliphatic rings. The highest BCUT2D eigenvalue weighted by Crippen LogP contribution is 2.39. The van der Waals surface area contributed by atoms with Crippen molar-refractivity contribution in [1.29, 1.82) is 0 Å². The molecule has 0 unspecified atom stereocenters. The van der Waals surface area contributed by atoms with Crippen LogP contribution < -0.4 is 0 Å². The molecule has 0 radical (unpaired) electrons. The highest BCUT2D eigenvalue weighted by atomic mass is 14.2. The van der Waals surface area contributed by atoms with Crippen LogP contribution in [0.2, 0.25) is 0 Å². The van der Waals surface area contributed by atoms with Gasteiger partial charge in [0.05, 0.1) is 0 Å². The van der Waals surface area contributed by atoms with Crippen LogP contribution in [0.25, 0.3) is 22.8 Å². The van der Waals surface area contributed by atoms with Gasteiger partial charge < -0.3 is 0 Å². The number of rotatable bonds is 5. The summed E-state index contributed by atoms with van der Waals surface area (Å²) < 4.78 is 0. The van der Waals surface area contributed by atoms with Crippen LogP contribution >= 0.6 is 0 Å². The van der Waals surface area contributed by atoms with Crippen molar-refractivity contribution in [3.05, 3.63) is 95.1 Å². The SMILES string of the molecule is CCCCc1ccc2c(c1-c1ccccc1)C=C(c1ccccc1)C2. The van der Waals surface area contributed by atoms with Gasteiger partial charge in [0.15, 0.2) is 0 Å². The highest BCUT2D eigenvalue weighted by Gasteiger charge is 2.20. The Labute approximate surface area is 150 Å². The van der Waals surface area contributed by atoms with Crippen molar-refractivity contribution >= 4 is 11.6 Å². The van der Waals surface area contributed by atoms with Gasteiger partial charge in [-0.15, -0.1) is 0 Å². The molecule has 0 heterocycles. The van der Waals surface area contributed by atoms with Crippen LogP contribution in [0.15, 0.2) is 72.8 Å². The Bertz CT molecular complexity index is 886. The van der Waals surface area contributed by atoms with Gasteiger partial charge in [-0.3, -0.25) is 0 Å². The van der Waals surface area contributed by atoms with Gasteiger partial charge in [0.2, 0.25) is 0 Å². The average Bonchev–Trinajstić information content (AvgIpc) is 3.11. The van der Waals surface area contributed by atoms with Gasteiger partial charge >= 0.3 is 0 Å². The topological polar surface area (TPSA) is 0 Å².